The minimum absolute atomic E-state index is 0.993. The summed E-state index contributed by atoms with van der Waals surface area (Å²) in [5.74, 6) is 0. The summed E-state index contributed by atoms with van der Waals surface area (Å²) in [6.45, 7) is 6.19. The molecule has 0 aliphatic carbocycles. The standard InChI is InChI=1S/C6H16NO2Si/c1-5-7(6-2)10(8-3)9-4/h5-6H2,1-4H3. The first-order valence-corrected chi connectivity index (χ1v) is 4.76. The van der Waals surface area contributed by atoms with E-state index in [-0.39, 0.29) is 0 Å². The molecule has 0 unspecified atom stereocenters. The van der Waals surface area contributed by atoms with Gasteiger partial charge >= 0.3 is 9.45 Å². The molecule has 4 heteroatoms. The van der Waals surface area contributed by atoms with Crippen LogP contribution >= 0.6 is 0 Å². The van der Waals surface area contributed by atoms with Gasteiger partial charge in [0, 0.05) is 14.2 Å². The van der Waals surface area contributed by atoms with E-state index in [0.717, 1.165) is 13.1 Å². The Morgan fingerprint density at radius 1 is 1.10 bits per heavy atom. The number of nitrogens with zero attached hydrogens (tertiary/aromatic N) is 1. The maximum Gasteiger partial charge on any atom is 0.490 e. The normalized spacial score (nSPS) is 11.4. The van der Waals surface area contributed by atoms with E-state index in [1.807, 2.05) is 0 Å². The van der Waals surface area contributed by atoms with Crippen LogP contribution in [-0.4, -0.2) is 41.3 Å². The number of rotatable bonds is 5. The SMILES string of the molecule is CCN(CC)[Si](OC)OC. The third-order valence-corrected chi connectivity index (χ3v) is 3.22. The molecule has 61 valence electrons. The lowest BCUT2D eigenvalue weighted by Crippen LogP contribution is -2.42. The van der Waals surface area contributed by atoms with Crippen molar-refractivity contribution in [2.45, 2.75) is 13.8 Å². The molecule has 0 aromatic heterocycles. The third kappa shape index (κ3) is 2.79. The minimum Gasteiger partial charge on any atom is -0.384 e. The van der Waals surface area contributed by atoms with Crippen molar-refractivity contribution in [1.82, 2.24) is 4.57 Å². The second kappa shape index (κ2) is 5.85. The molecule has 0 amide bonds. The number of hydrogen-bond donors (Lipinski definition) is 0. The van der Waals surface area contributed by atoms with Crippen molar-refractivity contribution in [3.05, 3.63) is 0 Å². The predicted molar refractivity (Wildman–Crippen MR) is 42.7 cm³/mol. The Labute approximate surface area is 64.9 Å². The van der Waals surface area contributed by atoms with Crippen LogP contribution in [0.1, 0.15) is 13.8 Å². The van der Waals surface area contributed by atoms with Crippen LogP contribution in [0.2, 0.25) is 0 Å². The van der Waals surface area contributed by atoms with Crippen LogP contribution in [0.5, 0.6) is 0 Å². The van der Waals surface area contributed by atoms with E-state index in [4.69, 9.17) is 8.85 Å². The Bertz CT molecular complexity index is 64.1. The molecule has 0 atom stereocenters. The Hall–Kier alpha value is 0.0969. The highest BCUT2D eigenvalue weighted by Gasteiger charge is 2.19. The molecule has 0 fully saturated rings. The van der Waals surface area contributed by atoms with Crippen LogP contribution in [0.3, 0.4) is 0 Å². The molecule has 0 N–H and O–H groups in total. The zero-order valence-electron chi connectivity index (χ0n) is 7.18. The van der Waals surface area contributed by atoms with Gasteiger partial charge in [0.1, 0.15) is 0 Å². The summed E-state index contributed by atoms with van der Waals surface area (Å²) < 4.78 is 12.5. The first-order chi connectivity index (χ1) is 4.79. The lowest BCUT2D eigenvalue weighted by molar-refractivity contribution is 0.205. The Morgan fingerprint density at radius 3 is 1.60 bits per heavy atom. The Balaban J connectivity index is 3.70. The zero-order valence-corrected chi connectivity index (χ0v) is 8.18. The first-order valence-electron chi connectivity index (χ1n) is 3.50. The zero-order chi connectivity index (χ0) is 7.98. The van der Waals surface area contributed by atoms with Gasteiger partial charge in [-0.05, 0) is 13.1 Å². The van der Waals surface area contributed by atoms with E-state index < -0.39 is 9.45 Å². The average Bonchev–Trinajstić information content (AvgIpc) is 2.00. The summed E-state index contributed by atoms with van der Waals surface area (Å²) in [6.07, 6.45) is 0. The summed E-state index contributed by atoms with van der Waals surface area (Å²) in [5.41, 5.74) is 0. The van der Waals surface area contributed by atoms with Gasteiger partial charge in [0.15, 0.2) is 0 Å². The van der Waals surface area contributed by atoms with Gasteiger partial charge < -0.3 is 8.85 Å². The molecule has 0 aliphatic rings. The van der Waals surface area contributed by atoms with E-state index in [1.54, 1.807) is 14.2 Å². The molecule has 0 aromatic carbocycles. The largest absolute Gasteiger partial charge is 0.490 e. The first kappa shape index (κ1) is 10.1. The second-order valence-corrected chi connectivity index (χ2v) is 3.83. The summed E-state index contributed by atoms with van der Waals surface area (Å²) in [7, 11) is 2.25. The molecule has 3 nitrogen and oxygen atoms in total. The van der Waals surface area contributed by atoms with Crippen molar-refractivity contribution in [3.63, 3.8) is 0 Å². The topological polar surface area (TPSA) is 21.7 Å². The van der Waals surface area contributed by atoms with Gasteiger partial charge in [0.2, 0.25) is 0 Å². The van der Waals surface area contributed by atoms with Crippen LogP contribution in [0.25, 0.3) is 0 Å². The monoisotopic (exact) mass is 162 g/mol. The van der Waals surface area contributed by atoms with Crippen molar-refractivity contribution in [2.75, 3.05) is 27.3 Å². The van der Waals surface area contributed by atoms with E-state index in [0.29, 0.717) is 0 Å². The van der Waals surface area contributed by atoms with E-state index in [1.165, 1.54) is 0 Å². The maximum atomic E-state index is 5.15. The van der Waals surface area contributed by atoms with E-state index in [2.05, 4.69) is 18.4 Å². The predicted octanol–water partition coefficient (Wildman–Crippen LogP) is 0.606. The van der Waals surface area contributed by atoms with Crippen LogP contribution < -0.4 is 0 Å². The van der Waals surface area contributed by atoms with Crippen LogP contribution in [-0.2, 0) is 8.85 Å². The lowest BCUT2D eigenvalue weighted by Gasteiger charge is -2.21. The fourth-order valence-electron chi connectivity index (χ4n) is 0.823. The van der Waals surface area contributed by atoms with Crippen molar-refractivity contribution >= 4 is 9.45 Å². The fourth-order valence-corrected chi connectivity index (χ4v) is 2.02. The molecule has 0 saturated carbocycles. The van der Waals surface area contributed by atoms with Crippen molar-refractivity contribution in [1.29, 1.82) is 0 Å². The summed E-state index contributed by atoms with van der Waals surface area (Å²) in [4.78, 5) is 0. The molecular weight excluding hydrogens is 146 g/mol. The molecule has 1 radical (unpaired) electrons. The molecule has 0 aliphatic heterocycles. The molecular formula is C6H16NO2Si. The molecule has 0 rings (SSSR count). The maximum absolute atomic E-state index is 5.15. The quantitative estimate of drug-likeness (QED) is 0.553. The molecule has 0 heterocycles. The Kier molecular flexibility index (Phi) is 5.91. The van der Waals surface area contributed by atoms with E-state index >= 15 is 0 Å². The van der Waals surface area contributed by atoms with Crippen LogP contribution in [0, 0.1) is 0 Å². The van der Waals surface area contributed by atoms with Gasteiger partial charge in [-0.25, -0.2) is 0 Å². The Morgan fingerprint density at radius 2 is 1.50 bits per heavy atom. The van der Waals surface area contributed by atoms with Gasteiger partial charge in [-0.3, -0.25) is 4.57 Å². The molecule has 0 saturated heterocycles. The summed E-state index contributed by atoms with van der Waals surface area (Å²) in [6, 6.07) is 0. The fraction of sp³-hybridized carbons (Fsp3) is 1.00. The van der Waals surface area contributed by atoms with Gasteiger partial charge in [0.05, 0.1) is 0 Å². The van der Waals surface area contributed by atoms with E-state index in [9.17, 15) is 0 Å². The highest BCUT2D eigenvalue weighted by Crippen LogP contribution is 1.94. The van der Waals surface area contributed by atoms with Crippen LogP contribution in [0.15, 0.2) is 0 Å². The van der Waals surface area contributed by atoms with Crippen molar-refractivity contribution in [3.8, 4) is 0 Å². The second-order valence-electron chi connectivity index (χ2n) is 1.85. The van der Waals surface area contributed by atoms with Gasteiger partial charge in [-0.15, -0.1) is 0 Å². The molecule has 10 heavy (non-hydrogen) atoms. The highest BCUT2D eigenvalue weighted by atomic mass is 28.3. The highest BCUT2D eigenvalue weighted by molar-refractivity contribution is 6.40. The smallest absolute Gasteiger partial charge is 0.384 e. The number of hydrogen-bond acceptors (Lipinski definition) is 3. The summed E-state index contributed by atoms with van der Waals surface area (Å²) >= 11 is 0. The molecule has 0 bridgehead atoms. The lowest BCUT2D eigenvalue weighted by atomic mass is 10.7. The van der Waals surface area contributed by atoms with Gasteiger partial charge in [-0.2, -0.15) is 0 Å². The van der Waals surface area contributed by atoms with Crippen molar-refractivity contribution in [2.24, 2.45) is 0 Å². The minimum atomic E-state index is -1.13. The van der Waals surface area contributed by atoms with Gasteiger partial charge in [0.25, 0.3) is 0 Å². The molecule has 0 aromatic rings. The summed E-state index contributed by atoms with van der Waals surface area (Å²) in [5, 5.41) is 0. The molecule has 0 spiro atoms. The van der Waals surface area contributed by atoms with Gasteiger partial charge in [-0.1, -0.05) is 13.8 Å². The third-order valence-electron chi connectivity index (χ3n) is 1.37. The van der Waals surface area contributed by atoms with Crippen LogP contribution in [0.4, 0.5) is 0 Å². The average molecular weight is 162 g/mol. The van der Waals surface area contributed by atoms with Crippen molar-refractivity contribution < 1.29 is 8.85 Å².